The van der Waals surface area contributed by atoms with Gasteiger partial charge in [0.15, 0.2) is 10.4 Å². The molecule has 0 aliphatic rings. The number of rotatable bonds is 4. The Morgan fingerprint density at radius 2 is 2.08 bits per heavy atom. The van der Waals surface area contributed by atoms with E-state index in [-0.39, 0.29) is 5.91 Å². The van der Waals surface area contributed by atoms with E-state index in [1.807, 2.05) is 34.9 Å². The fraction of sp³-hybridized carbons (Fsp3) is 0.0556. The van der Waals surface area contributed by atoms with Crippen molar-refractivity contribution in [2.45, 2.75) is 6.54 Å². The molecule has 0 atom stereocenters. The van der Waals surface area contributed by atoms with Gasteiger partial charge in [0.25, 0.3) is 5.91 Å². The maximum atomic E-state index is 12.5. The molecule has 0 saturated heterocycles. The van der Waals surface area contributed by atoms with E-state index >= 15 is 0 Å². The van der Waals surface area contributed by atoms with Gasteiger partial charge in [-0.1, -0.05) is 12.1 Å². The molecule has 4 aromatic rings. The van der Waals surface area contributed by atoms with Crippen LogP contribution in [0, 0.1) is 4.77 Å². The molecule has 1 aromatic carbocycles. The van der Waals surface area contributed by atoms with Crippen molar-refractivity contribution in [3.8, 4) is 0 Å². The summed E-state index contributed by atoms with van der Waals surface area (Å²) in [6.45, 7) is 0.557. The largest absolute Gasteiger partial charge is 0.397 e. The Labute approximate surface area is 158 Å². The Morgan fingerprint density at radius 3 is 2.92 bits per heavy atom. The predicted octanol–water partition coefficient (Wildman–Crippen LogP) is 4.04. The van der Waals surface area contributed by atoms with Crippen molar-refractivity contribution in [3.63, 3.8) is 0 Å². The molecule has 3 heterocycles. The molecule has 0 unspecified atom stereocenters. The zero-order valence-electron chi connectivity index (χ0n) is 13.6. The number of aromatic amines is 1. The number of nitrogens with two attached hydrogens (primary N) is 1. The van der Waals surface area contributed by atoms with Crippen LogP contribution in [-0.4, -0.2) is 20.4 Å². The van der Waals surface area contributed by atoms with Gasteiger partial charge in [-0.3, -0.25) is 9.36 Å². The van der Waals surface area contributed by atoms with Crippen LogP contribution in [0.1, 0.15) is 14.5 Å². The van der Waals surface area contributed by atoms with Gasteiger partial charge in [0.1, 0.15) is 0 Å². The third-order valence-corrected chi connectivity index (χ3v) is 5.33. The van der Waals surface area contributed by atoms with Gasteiger partial charge in [0, 0.05) is 11.1 Å². The van der Waals surface area contributed by atoms with Crippen LogP contribution in [0.25, 0.3) is 11.2 Å². The monoisotopic (exact) mass is 381 g/mol. The molecule has 6 nitrogen and oxygen atoms in total. The summed E-state index contributed by atoms with van der Waals surface area (Å²) >= 11 is 6.81. The maximum absolute atomic E-state index is 12.5. The van der Waals surface area contributed by atoms with Crippen molar-refractivity contribution in [2.75, 3.05) is 11.1 Å². The second-order valence-electron chi connectivity index (χ2n) is 5.70. The third kappa shape index (κ3) is 3.12. The summed E-state index contributed by atoms with van der Waals surface area (Å²) in [7, 11) is 0. The molecule has 4 N–H and O–H groups in total. The highest BCUT2D eigenvalue weighted by Gasteiger charge is 2.12. The van der Waals surface area contributed by atoms with Crippen LogP contribution < -0.4 is 11.1 Å². The molecule has 0 aliphatic heterocycles. The second kappa shape index (κ2) is 6.74. The fourth-order valence-electron chi connectivity index (χ4n) is 2.67. The number of imidazole rings is 1. The highest BCUT2D eigenvalue weighted by molar-refractivity contribution is 7.71. The van der Waals surface area contributed by atoms with Crippen LogP contribution in [0.3, 0.4) is 0 Å². The number of pyridine rings is 1. The molecule has 0 radical (unpaired) electrons. The highest BCUT2D eigenvalue weighted by Crippen LogP contribution is 2.23. The smallest absolute Gasteiger partial charge is 0.265 e. The minimum Gasteiger partial charge on any atom is -0.397 e. The fourth-order valence-corrected chi connectivity index (χ4v) is 3.82. The van der Waals surface area contributed by atoms with Crippen LogP contribution in [-0.2, 0) is 6.54 Å². The summed E-state index contributed by atoms with van der Waals surface area (Å²) in [4.78, 5) is 21.6. The molecule has 1 amide bonds. The first-order valence-corrected chi connectivity index (χ1v) is 9.12. The normalized spacial score (nSPS) is 10.9. The van der Waals surface area contributed by atoms with E-state index in [0.29, 0.717) is 27.6 Å². The minimum absolute atomic E-state index is 0.181. The quantitative estimate of drug-likeness (QED) is 0.368. The summed E-state index contributed by atoms with van der Waals surface area (Å²) in [5.41, 5.74) is 8.71. The van der Waals surface area contributed by atoms with E-state index in [0.717, 1.165) is 16.0 Å². The van der Waals surface area contributed by atoms with Crippen LogP contribution in [0.2, 0.25) is 0 Å². The Balaban J connectivity index is 1.56. The van der Waals surface area contributed by atoms with Crippen molar-refractivity contribution in [1.82, 2.24) is 14.5 Å². The molecule has 4 rings (SSSR count). The molecule has 0 saturated carbocycles. The number of para-hydroxylation sites is 2. The zero-order valence-corrected chi connectivity index (χ0v) is 15.2. The van der Waals surface area contributed by atoms with Gasteiger partial charge in [-0.05, 0) is 48.6 Å². The van der Waals surface area contributed by atoms with Crippen LogP contribution >= 0.6 is 23.6 Å². The highest BCUT2D eigenvalue weighted by atomic mass is 32.1. The molecule has 0 fully saturated rings. The van der Waals surface area contributed by atoms with Gasteiger partial charge < -0.3 is 16.0 Å². The zero-order chi connectivity index (χ0) is 18.1. The van der Waals surface area contributed by atoms with E-state index in [2.05, 4.69) is 15.3 Å². The second-order valence-corrected chi connectivity index (χ2v) is 7.25. The van der Waals surface area contributed by atoms with E-state index in [9.17, 15) is 4.79 Å². The SMILES string of the molecule is Nc1ccccc1NC(=O)c1ccc(Cn2c(=S)[nH]c3cccnc32)s1. The average Bonchev–Trinajstić information content (AvgIpc) is 3.22. The number of hydrogen-bond donors (Lipinski definition) is 3. The van der Waals surface area contributed by atoms with Gasteiger partial charge in [-0.25, -0.2) is 4.98 Å². The summed E-state index contributed by atoms with van der Waals surface area (Å²) in [6.07, 6.45) is 1.74. The molecule has 8 heteroatoms. The van der Waals surface area contributed by atoms with E-state index in [1.165, 1.54) is 11.3 Å². The molecule has 0 bridgehead atoms. The Bertz CT molecular complexity index is 1160. The molecular formula is C18H15N5OS2. The molecule has 130 valence electrons. The molecule has 0 spiro atoms. The van der Waals surface area contributed by atoms with Gasteiger partial charge in [-0.2, -0.15) is 0 Å². The first-order valence-electron chi connectivity index (χ1n) is 7.90. The number of anilines is 2. The van der Waals surface area contributed by atoms with Crippen LogP contribution in [0.4, 0.5) is 11.4 Å². The van der Waals surface area contributed by atoms with Crippen molar-refractivity contribution in [3.05, 3.63) is 69.3 Å². The summed E-state index contributed by atoms with van der Waals surface area (Å²) in [5, 5.41) is 2.84. The molecular weight excluding hydrogens is 366 g/mol. The van der Waals surface area contributed by atoms with Gasteiger partial charge in [-0.15, -0.1) is 11.3 Å². The van der Waals surface area contributed by atoms with Gasteiger partial charge in [0.2, 0.25) is 0 Å². The number of carbonyl (C=O) groups excluding carboxylic acids is 1. The molecule has 3 aromatic heterocycles. The van der Waals surface area contributed by atoms with Crippen molar-refractivity contribution < 1.29 is 4.79 Å². The number of carbonyl (C=O) groups is 1. The van der Waals surface area contributed by atoms with Gasteiger partial charge >= 0.3 is 0 Å². The number of nitrogen functional groups attached to an aromatic ring is 1. The lowest BCUT2D eigenvalue weighted by Gasteiger charge is -2.06. The number of nitrogens with one attached hydrogen (secondary N) is 2. The number of benzene rings is 1. The number of thiophene rings is 1. The number of hydrogen-bond acceptors (Lipinski definition) is 5. The Kier molecular flexibility index (Phi) is 4.27. The first-order chi connectivity index (χ1) is 12.6. The predicted molar refractivity (Wildman–Crippen MR) is 107 cm³/mol. The Morgan fingerprint density at radius 1 is 1.23 bits per heavy atom. The lowest BCUT2D eigenvalue weighted by atomic mass is 10.2. The van der Waals surface area contributed by atoms with E-state index in [4.69, 9.17) is 18.0 Å². The summed E-state index contributed by atoms with van der Waals surface area (Å²) < 4.78 is 2.53. The third-order valence-electron chi connectivity index (χ3n) is 3.94. The number of aromatic nitrogens is 3. The summed E-state index contributed by atoms with van der Waals surface area (Å²) in [5.74, 6) is -0.181. The molecule has 26 heavy (non-hydrogen) atoms. The topological polar surface area (TPSA) is 88.7 Å². The number of H-pyrrole nitrogens is 1. The van der Waals surface area contributed by atoms with Crippen molar-refractivity contribution >= 4 is 52.0 Å². The Hall–Kier alpha value is -2.97. The van der Waals surface area contributed by atoms with Crippen LogP contribution in [0.15, 0.2) is 54.7 Å². The number of nitrogens with zero attached hydrogens (tertiary/aromatic N) is 2. The average molecular weight is 381 g/mol. The first kappa shape index (κ1) is 16.5. The lowest BCUT2D eigenvalue weighted by Crippen LogP contribution is -2.11. The molecule has 0 aliphatic carbocycles. The minimum atomic E-state index is -0.181. The maximum Gasteiger partial charge on any atom is 0.265 e. The van der Waals surface area contributed by atoms with Crippen molar-refractivity contribution in [1.29, 1.82) is 0 Å². The van der Waals surface area contributed by atoms with Gasteiger partial charge in [0.05, 0.1) is 28.3 Å². The number of amides is 1. The van der Waals surface area contributed by atoms with E-state index < -0.39 is 0 Å². The standard InChI is InChI=1S/C18H15N5OS2/c19-12-4-1-2-5-13(12)21-17(24)15-8-7-11(26-15)10-23-16-14(22-18(23)25)6-3-9-20-16/h1-9H,10,19H2,(H,21,24)(H,22,25). The van der Waals surface area contributed by atoms with E-state index in [1.54, 1.807) is 24.4 Å². The van der Waals surface area contributed by atoms with Crippen LogP contribution in [0.5, 0.6) is 0 Å². The summed E-state index contributed by atoms with van der Waals surface area (Å²) in [6, 6.07) is 14.7. The lowest BCUT2D eigenvalue weighted by molar-refractivity contribution is 0.103. The number of fused-ring (bicyclic) bond motifs is 1. The van der Waals surface area contributed by atoms with Crippen molar-refractivity contribution in [2.24, 2.45) is 0 Å².